The molecule has 1 aromatic carbocycles. The second kappa shape index (κ2) is 10.6. The van der Waals surface area contributed by atoms with Gasteiger partial charge in [-0.1, -0.05) is 36.4 Å². The molecule has 34 heavy (non-hydrogen) atoms. The van der Waals surface area contributed by atoms with Crippen LogP contribution in [0.1, 0.15) is 22.0 Å². The summed E-state index contributed by atoms with van der Waals surface area (Å²) < 4.78 is 5.37. The number of rotatable bonds is 7. The molecule has 5 rings (SSSR count). The number of nitrogens with zero attached hydrogens (tertiary/aromatic N) is 4. The van der Waals surface area contributed by atoms with Crippen LogP contribution in [0.25, 0.3) is 10.2 Å². The number of aliphatic hydroxyl groups excluding tert-OH is 1. The Balaban J connectivity index is 1.30. The Kier molecular flexibility index (Phi) is 7.15. The molecule has 3 aromatic rings. The summed E-state index contributed by atoms with van der Waals surface area (Å²) in [5, 5.41) is 14.4. The Morgan fingerprint density at radius 1 is 1.21 bits per heavy atom. The van der Waals surface area contributed by atoms with Crippen LogP contribution in [0.5, 0.6) is 0 Å². The molecule has 1 amide bonds. The molecule has 1 saturated heterocycles. The molecule has 8 nitrogen and oxygen atoms in total. The van der Waals surface area contributed by atoms with Gasteiger partial charge in [-0.05, 0) is 17.5 Å². The second-order valence-electron chi connectivity index (χ2n) is 8.52. The predicted octanol–water partition coefficient (Wildman–Crippen LogP) is 2.61. The van der Waals surface area contributed by atoms with Gasteiger partial charge in [-0.2, -0.15) is 0 Å². The van der Waals surface area contributed by atoms with E-state index >= 15 is 0 Å². The molecule has 2 aliphatic heterocycles. The number of carbonyl (C=O) groups excluding carboxylic acids is 1. The van der Waals surface area contributed by atoms with Crippen molar-refractivity contribution in [3.05, 3.63) is 64.8 Å². The minimum absolute atomic E-state index is 0.0408. The number of hydrogen-bond donors (Lipinski definition) is 2. The maximum atomic E-state index is 12.8. The number of fused-ring (bicyclic) bond motifs is 3. The highest BCUT2D eigenvalue weighted by Gasteiger charge is 2.26. The van der Waals surface area contributed by atoms with Crippen LogP contribution in [0.15, 0.2) is 48.8 Å². The third-order valence-electron chi connectivity index (χ3n) is 6.37. The fraction of sp³-hybridized carbons (Fsp3) is 0.400. The number of carbonyl (C=O) groups is 1. The average Bonchev–Trinajstić information content (AvgIpc) is 3.27. The summed E-state index contributed by atoms with van der Waals surface area (Å²) in [6.45, 7) is 5.31. The smallest absolute Gasteiger partial charge is 0.246 e. The molecule has 9 heteroatoms. The summed E-state index contributed by atoms with van der Waals surface area (Å²) >= 11 is 1.62. The Morgan fingerprint density at radius 2 is 2.03 bits per heavy atom. The van der Waals surface area contributed by atoms with Crippen molar-refractivity contribution in [2.24, 2.45) is 0 Å². The van der Waals surface area contributed by atoms with Crippen LogP contribution >= 0.6 is 11.3 Å². The van der Waals surface area contributed by atoms with Crippen LogP contribution in [0, 0.1) is 0 Å². The fourth-order valence-electron chi connectivity index (χ4n) is 4.50. The van der Waals surface area contributed by atoms with Crippen LogP contribution in [-0.4, -0.2) is 76.8 Å². The van der Waals surface area contributed by atoms with Crippen molar-refractivity contribution in [1.82, 2.24) is 19.8 Å². The number of morpholine rings is 1. The van der Waals surface area contributed by atoms with Crippen LogP contribution in [0.2, 0.25) is 0 Å². The van der Waals surface area contributed by atoms with Gasteiger partial charge >= 0.3 is 0 Å². The molecule has 0 aliphatic carbocycles. The van der Waals surface area contributed by atoms with Crippen molar-refractivity contribution in [2.45, 2.75) is 19.0 Å². The van der Waals surface area contributed by atoms with E-state index in [1.54, 1.807) is 23.7 Å². The van der Waals surface area contributed by atoms with Crippen LogP contribution < -0.4 is 5.32 Å². The summed E-state index contributed by atoms with van der Waals surface area (Å²) in [4.78, 5) is 28.1. The SMILES string of the molecule is O=C(/C=C/CN1CCOCC1)N1CCc2c(sc3ncnc(N[C@H](CO)c4ccccc4)c23)C1. The Hall–Kier alpha value is -2.85. The van der Waals surface area contributed by atoms with Gasteiger partial charge < -0.3 is 20.1 Å². The van der Waals surface area contributed by atoms with E-state index in [1.807, 2.05) is 41.3 Å². The lowest BCUT2D eigenvalue weighted by atomic mass is 10.0. The molecule has 4 heterocycles. The minimum atomic E-state index is -0.256. The first-order valence-corrected chi connectivity index (χ1v) is 12.5. The molecular formula is C25H29N5O3S. The summed E-state index contributed by atoms with van der Waals surface area (Å²) in [5.74, 6) is 0.779. The molecule has 0 unspecified atom stereocenters. The third-order valence-corrected chi connectivity index (χ3v) is 7.50. The topological polar surface area (TPSA) is 90.8 Å². The molecule has 0 radical (unpaired) electrons. The largest absolute Gasteiger partial charge is 0.394 e. The molecular weight excluding hydrogens is 450 g/mol. The Bertz CT molecular complexity index is 1160. The van der Waals surface area contributed by atoms with Gasteiger partial charge in [0.15, 0.2) is 0 Å². The fourth-order valence-corrected chi connectivity index (χ4v) is 5.70. The first-order valence-electron chi connectivity index (χ1n) is 11.7. The summed E-state index contributed by atoms with van der Waals surface area (Å²) in [6.07, 6.45) is 5.98. The zero-order valence-corrected chi connectivity index (χ0v) is 19.8. The van der Waals surface area contributed by atoms with Gasteiger partial charge in [-0.3, -0.25) is 9.69 Å². The monoisotopic (exact) mass is 479 g/mol. The predicted molar refractivity (Wildman–Crippen MR) is 133 cm³/mol. The standard InChI is InChI=1S/C25H29N5O3S/c31-16-20(18-5-2-1-3-6-18)28-24-23-19-8-10-30(15-21(19)34-25(23)27-17-26-24)22(32)7-4-9-29-11-13-33-14-12-29/h1-7,17,20,31H,8-16H2,(H,26,27,28)/b7-4+/t20-/m1/s1. The lowest BCUT2D eigenvalue weighted by Crippen LogP contribution is -2.37. The van der Waals surface area contributed by atoms with E-state index in [4.69, 9.17) is 4.74 Å². The van der Waals surface area contributed by atoms with E-state index in [2.05, 4.69) is 20.2 Å². The van der Waals surface area contributed by atoms with E-state index in [1.165, 1.54) is 5.56 Å². The van der Waals surface area contributed by atoms with E-state index in [-0.39, 0.29) is 18.6 Å². The quantitative estimate of drug-likeness (QED) is 0.504. The van der Waals surface area contributed by atoms with Crippen molar-refractivity contribution in [3.8, 4) is 0 Å². The third kappa shape index (κ3) is 4.97. The minimum Gasteiger partial charge on any atom is -0.394 e. The van der Waals surface area contributed by atoms with Crippen molar-refractivity contribution < 1.29 is 14.6 Å². The molecule has 0 saturated carbocycles. The zero-order chi connectivity index (χ0) is 23.3. The highest BCUT2D eigenvalue weighted by atomic mass is 32.1. The number of hydrogen-bond acceptors (Lipinski definition) is 8. The van der Waals surface area contributed by atoms with Gasteiger partial charge in [0.25, 0.3) is 0 Å². The second-order valence-corrected chi connectivity index (χ2v) is 9.61. The average molecular weight is 480 g/mol. The van der Waals surface area contributed by atoms with E-state index in [0.717, 1.165) is 65.7 Å². The normalized spacial score (nSPS) is 17.7. The summed E-state index contributed by atoms with van der Waals surface area (Å²) in [5.41, 5.74) is 2.20. The number of amides is 1. The highest BCUT2D eigenvalue weighted by molar-refractivity contribution is 7.19. The Labute approximate surface area is 202 Å². The van der Waals surface area contributed by atoms with Gasteiger partial charge in [-0.25, -0.2) is 9.97 Å². The van der Waals surface area contributed by atoms with Gasteiger partial charge in [-0.15, -0.1) is 11.3 Å². The number of ether oxygens (including phenoxy) is 1. The van der Waals surface area contributed by atoms with Crippen molar-refractivity contribution in [2.75, 3.05) is 51.3 Å². The number of thiophene rings is 1. The van der Waals surface area contributed by atoms with Crippen molar-refractivity contribution in [3.63, 3.8) is 0 Å². The van der Waals surface area contributed by atoms with E-state index in [0.29, 0.717) is 13.1 Å². The number of nitrogens with one attached hydrogen (secondary N) is 1. The molecule has 2 aromatic heterocycles. The van der Waals surface area contributed by atoms with Gasteiger partial charge in [0.2, 0.25) is 5.91 Å². The molecule has 2 aliphatic rings. The molecule has 0 bridgehead atoms. The number of anilines is 1. The maximum Gasteiger partial charge on any atom is 0.246 e. The number of benzene rings is 1. The van der Waals surface area contributed by atoms with Gasteiger partial charge in [0, 0.05) is 37.1 Å². The first-order chi connectivity index (χ1) is 16.7. The van der Waals surface area contributed by atoms with Crippen molar-refractivity contribution in [1.29, 1.82) is 0 Å². The van der Waals surface area contributed by atoms with E-state index < -0.39 is 0 Å². The van der Waals surface area contributed by atoms with Crippen LogP contribution in [0.4, 0.5) is 5.82 Å². The lowest BCUT2D eigenvalue weighted by molar-refractivity contribution is -0.126. The molecule has 1 atom stereocenters. The summed E-state index contributed by atoms with van der Waals surface area (Å²) in [6, 6.07) is 9.61. The summed E-state index contributed by atoms with van der Waals surface area (Å²) in [7, 11) is 0. The molecule has 0 spiro atoms. The van der Waals surface area contributed by atoms with Crippen molar-refractivity contribution >= 4 is 33.3 Å². The van der Waals surface area contributed by atoms with Gasteiger partial charge in [0.05, 0.1) is 37.8 Å². The van der Waals surface area contributed by atoms with Crippen LogP contribution in [0.3, 0.4) is 0 Å². The Morgan fingerprint density at radius 3 is 2.82 bits per heavy atom. The van der Waals surface area contributed by atoms with Gasteiger partial charge in [0.1, 0.15) is 17.0 Å². The number of aliphatic hydroxyl groups is 1. The molecule has 2 N–H and O–H groups in total. The zero-order valence-electron chi connectivity index (χ0n) is 19.0. The number of aromatic nitrogens is 2. The van der Waals surface area contributed by atoms with E-state index in [9.17, 15) is 9.90 Å². The maximum absolute atomic E-state index is 12.8. The lowest BCUT2D eigenvalue weighted by Gasteiger charge is -2.27. The first kappa shape index (κ1) is 22.9. The van der Waals surface area contributed by atoms with Crippen LogP contribution in [-0.2, 0) is 22.5 Å². The molecule has 1 fully saturated rings. The molecule has 178 valence electrons. The highest BCUT2D eigenvalue weighted by Crippen LogP contribution is 2.38.